The highest BCUT2D eigenvalue weighted by Gasteiger charge is 2.47. The summed E-state index contributed by atoms with van der Waals surface area (Å²) >= 11 is 0. The van der Waals surface area contributed by atoms with Gasteiger partial charge in [0.25, 0.3) is 0 Å². The van der Waals surface area contributed by atoms with Crippen molar-refractivity contribution in [2.75, 3.05) is 13.2 Å². The Morgan fingerprint density at radius 2 is 1.61 bits per heavy atom. The quantitative estimate of drug-likeness (QED) is 0.231. The lowest BCUT2D eigenvalue weighted by molar-refractivity contribution is -0.316. The lowest BCUT2D eigenvalue weighted by Crippen LogP contribution is -2.61. The van der Waals surface area contributed by atoms with Gasteiger partial charge in [-0.1, -0.05) is 6.08 Å². The van der Waals surface area contributed by atoms with Crippen molar-refractivity contribution in [1.82, 2.24) is 0 Å². The third kappa shape index (κ3) is 3.56. The van der Waals surface area contributed by atoms with Crippen LogP contribution in [0.2, 0.25) is 0 Å². The topological polar surface area (TPSA) is 186 Å². The monoisotopic (exact) mass is 337 g/mol. The molecule has 1 fully saturated rings. The Morgan fingerprint density at radius 1 is 0.957 bits per heavy atom. The van der Waals surface area contributed by atoms with E-state index in [9.17, 15) is 30.6 Å². The molecule has 0 saturated carbocycles. The number of nitrogens with two attached hydrogens (primary N) is 1. The average Bonchev–Trinajstić information content (AvgIpc) is 2.55. The van der Waals surface area contributed by atoms with Crippen molar-refractivity contribution in [3.63, 3.8) is 0 Å². The molecule has 9 atom stereocenters. The van der Waals surface area contributed by atoms with Crippen LogP contribution in [-0.4, -0.2) is 104 Å². The SMILES string of the molecule is NC1C=C(CO)C(O[C@@H]2OC(CO)[C@H](O)[C@H](O)C2O)C(O)C1O. The van der Waals surface area contributed by atoms with Crippen LogP contribution in [-0.2, 0) is 9.47 Å². The smallest absolute Gasteiger partial charge is 0.187 e. The Labute approximate surface area is 132 Å². The molecular formula is C13H23NO9. The highest BCUT2D eigenvalue weighted by atomic mass is 16.7. The maximum atomic E-state index is 10.1. The van der Waals surface area contributed by atoms with E-state index in [1.165, 1.54) is 6.08 Å². The standard InChI is InChI=1S/C13H23NO9/c14-5-1-4(2-15)12(10(20)7(5)17)23-13-11(21)9(19)8(18)6(3-16)22-13/h1,5-13,15-21H,2-3,14H2/t5?,6?,7?,8-,9-,10?,11?,12?,13-/m0/s1. The summed E-state index contributed by atoms with van der Waals surface area (Å²) in [6.45, 7) is -1.15. The summed E-state index contributed by atoms with van der Waals surface area (Å²) in [6, 6.07) is -0.901. The number of ether oxygens (including phenoxy) is 2. The van der Waals surface area contributed by atoms with Crippen LogP contribution in [0.25, 0.3) is 0 Å². The summed E-state index contributed by atoms with van der Waals surface area (Å²) < 4.78 is 10.6. The second-order valence-corrected chi connectivity index (χ2v) is 5.71. The van der Waals surface area contributed by atoms with E-state index in [-0.39, 0.29) is 5.57 Å². The molecule has 0 aromatic carbocycles. The van der Waals surface area contributed by atoms with Crippen LogP contribution in [0.5, 0.6) is 0 Å². The Balaban J connectivity index is 2.17. The van der Waals surface area contributed by atoms with Crippen LogP contribution in [0.4, 0.5) is 0 Å². The predicted molar refractivity (Wildman–Crippen MR) is 73.8 cm³/mol. The second kappa shape index (κ2) is 7.49. The van der Waals surface area contributed by atoms with Gasteiger partial charge in [-0.15, -0.1) is 0 Å². The zero-order valence-electron chi connectivity index (χ0n) is 12.2. The molecule has 134 valence electrons. The van der Waals surface area contributed by atoms with E-state index in [1.54, 1.807) is 0 Å². The molecule has 10 nitrogen and oxygen atoms in total. The van der Waals surface area contributed by atoms with Crippen molar-refractivity contribution in [3.8, 4) is 0 Å². The van der Waals surface area contributed by atoms with E-state index in [0.29, 0.717) is 0 Å². The summed E-state index contributed by atoms with van der Waals surface area (Å²) in [5.41, 5.74) is 5.77. The molecule has 6 unspecified atom stereocenters. The predicted octanol–water partition coefficient (Wildman–Crippen LogP) is -4.85. The van der Waals surface area contributed by atoms with Gasteiger partial charge < -0.3 is 51.0 Å². The van der Waals surface area contributed by atoms with E-state index in [4.69, 9.17) is 20.3 Å². The minimum Gasteiger partial charge on any atom is -0.394 e. The van der Waals surface area contributed by atoms with Crippen molar-refractivity contribution < 1.29 is 45.2 Å². The fourth-order valence-electron chi connectivity index (χ4n) is 2.70. The molecule has 0 amide bonds. The third-order valence-electron chi connectivity index (χ3n) is 4.14. The Morgan fingerprint density at radius 3 is 2.17 bits per heavy atom. The maximum absolute atomic E-state index is 10.1. The lowest BCUT2D eigenvalue weighted by Gasteiger charge is -2.43. The summed E-state index contributed by atoms with van der Waals surface area (Å²) in [4.78, 5) is 0. The van der Waals surface area contributed by atoms with Crippen molar-refractivity contribution in [2.24, 2.45) is 5.73 Å². The van der Waals surface area contributed by atoms with E-state index < -0.39 is 68.3 Å². The molecule has 1 heterocycles. The van der Waals surface area contributed by atoms with Gasteiger partial charge in [-0.2, -0.15) is 0 Å². The molecule has 0 radical (unpaired) electrons. The number of aliphatic hydroxyl groups is 7. The summed E-state index contributed by atoms with van der Waals surface area (Å²) in [7, 11) is 0. The molecular weight excluding hydrogens is 314 g/mol. The summed E-state index contributed by atoms with van der Waals surface area (Å²) in [5, 5.41) is 67.7. The highest BCUT2D eigenvalue weighted by Crippen LogP contribution is 2.28. The van der Waals surface area contributed by atoms with Crippen molar-refractivity contribution >= 4 is 0 Å². The summed E-state index contributed by atoms with van der Waals surface area (Å²) in [5.74, 6) is 0. The van der Waals surface area contributed by atoms with E-state index in [0.717, 1.165) is 0 Å². The Hall–Kier alpha value is -0.660. The van der Waals surface area contributed by atoms with Gasteiger partial charge in [0.05, 0.1) is 19.3 Å². The zero-order chi connectivity index (χ0) is 17.3. The molecule has 0 bridgehead atoms. The van der Waals surface area contributed by atoms with Gasteiger partial charge in [0.1, 0.15) is 42.7 Å². The lowest BCUT2D eigenvalue weighted by atomic mass is 9.88. The molecule has 2 aliphatic rings. The largest absolute Gasteiger partial charge is 0.394 e. The van der Waals surface area contributed by atoms with Gasteiger partial charge >= 0.3 is 0 Å². The molecule has 1 aliphatic carbocycles. The van der Waals surface area contributed by atoms with Crippen molar-refractivity contribution in [2.45, 2.75) is 55.1 Å². The first-order valence-corrected chi connectivity index (χ1v) is 7.21. The number of hydrogen-bond acceptors (Lipinski definition) is 10. The first-order chi connectivity index (χ1) is 10.8. The van der Waals surface area contributed by atoms with Gasteiger partial charge in [-0.3, -0.25) is 0 Å². The third-order valence-corrected chi connectivity index (χ3v) is 4.14. The molecule has 9 N–H and O–H groups in total. The molecule has 10 heteroatoms. The van der Waals surface area contributed by atoms with E-state index in [2.05, 4.69) is 0 Å². The first-order valence-electron chi connectivity index (χ1n) is 7.21. The Bertz CT molecular complexity index is 432. The Kier molecular flexibility index (Phi) is 6.08. The zero-order valence-corrected chi connectivity index (χ0v) is 12.2. The first kappa shape index (κ1) is 18.7. The fourth-order valence-corrected chi connectivity index (χ4v) is 2.70. The van der Waals surface area contributed by atoms with Crippen LogP contribution in [0.1, 0.15) is 0 Å². The van der Waals surface area contributed by atoms with Gasteiger partial charge in [0, 0.05) is 0 Å². The number of rotatable bonds is 4. The average molecular weight is 337 g/mol. The highest BCUT2D eigenvalue weighted by molar-refractivity contribution is 5.21. The molecule has 0 spiro atoms. The molecule has 2 rings (SSSR count). The minimum atomic E-state index is -1.66. The van der Waals surface area contributed by atoms with Gasteiger partial charge in [0.15, 0.2) is 6.29 Å². The molecule has 1 aliphatic heterocycles. The normalized spacial score (nSPS) is 48.2. The minimum absolute atomic E-state index is 0.173. The molecule has 1 saturated heterocycles. The molecule has 23 heavy (non-hydrogen) atoms. The van der Waals surface area contributed by atoms with Crippen LogP contribution in [0.15, 0.2) is 11.6 Å². The van der Waals surface area contributed by atoms with Crippen molar-refractivity contribution in [1.29, 1.82) is 0 Å². The van der Waals surface area contributed by atoms with Crippen LogP contribution in [0.3, 0.4) is 0 Å². The van der Waals surface area contributed by atoms with Gasteiger partial charge in [0.2, 0.25) is 0 Å². The second-order valence-electron chi connectivity index (χ2n) is 5.71. The molecule has 0 aromatic heterocycles. The summed E-state index contributed by atoms with van der Waals surface area (Å²) in [6.07, 6.45) is -10.3. The van der Waals surface area contributed by atoms with Gasteiger partial charge in [-0.25, -0.2) is 0 Å². The van der Waals surface area contributed by atoms with Gasteiger partial charge in [-0.05, 0) is 5.57 Å². The van der Waals surface area contributed by atoms with E-state index >= 15 is 0 Å². The number of hydrogen-bond donors (Lipinski definition) is 8. The van der Waals surface area contributed by atoms with Crippen LogP contribution >= 0.6 is 0 Å². The van der Waals surface area contributed by atoms with Crippen LogP contribution in [0, 0.1) is 0 Å². The number of aliphatic hydroxyl groups excluding tert-OH is 7. The molecule has 0 aromatic rings. The van der Waals surface area contributed by atoms with Crippen molar-refractivity contribution in [3.05, 3.63) is 11.6 Å². The van der Waals surface area contributed by atoms with E-state index in [1.807, 2.05) is 0 Å². The van der Waals surface area contributed by atoms with Crippen LogP contribution < -0.4 is 5.73 Å². The fraction of sp³-hybridized carbons (Fsp3) is 0.846. The maximum Gasteiger partial charge on any atom is 0.187 e.